The highest BCUT2D eigenvalue weighted by Crippen LogP contribution is 2.33. The van der Waals surface area contributed by atoms with Gasteiger partial charge in [0.25, 0.3) is 5.56 Å². The van der Waals surface area contributed by atoms with E-state index in [4.69, 9.17) is 0 Å². The molecule has 2 fully saturated rings. The Hall–Kier alpha value is -2.70. The van der Waals surface area contributed by atoms with Gasteiger partial charge in [-0.25, -0.2) is 4.98 Å². The van der Waals surface area contributed by atoms with Crippen LogP contribution >= 0.6 is 0 Å². The summed E-state index contributed by atoms with van der Waals surface area (Å²) in [6, 6.07) is 7.43. The number of carbonyl (C=O) groups is 2. The molecule has 1 saturated heterocycles. The lowest BCUT2D eigenvalue weighted by molar-refractivity contribution is -0.138. The number of aromatic nitrogens is 2. The van der Waals surface area contributed by atoms with Gasteiger partial charge in [-0.05, 0) is 38.8 Å². The fourth-order valence-electron chi connectivity index (χ4n) is 3.76. The number of hydrogen-bond donors (Lipinski definition) is 1. The molecule has 1 N–H and O–H groups in total. The van der Waals surface area contributed by atoms with E-state index in [2.05, 4.69) is 9.97 Å². The fraction of sp³-hybridized carbons (Fsp3) is 0.500. The van der Waals surface area contributed by atoms with Gasteiger partial charge >= 0.3 is 0 Å². The number of fused-ring (bicyclic) bond motifs is 1. The minimum atomic E-state index is -0.312. The largest absolute Gasteiger partial charge is 0.339 e. The van der Waals surface area contributed by atoms with Crippen molar-refractivity contribution < 1.29 is 9.59 Å². The molecule has 2 amide bonds. The standard InChI is InChI=1S/C20H24N4O3/c1-12(2)23(20(27)13-9-18(25)24(10-13)14-7-8-14)11-17-21-16-6-4-3-5-15(16)19(26)22-17/h3-6,12-14H,7-11H2,1-2H3,(H,21,22,26). The first-order chi connectivity index (χ1) is 12.9. The van der Waals surface area contributed by atoms with Gasteiger partial charge in [0.15, 0.2) is 0 Å². The van der Waals surface area contributed by atoms with E-state index in [0.29, 0.717) is 29.3 Å². The average molecular weight is 368 g/mol. The molecule has 1 atom stereocenters. The van der Waals surface area contributed by atoms with E-state index < -0.39 is 0 Å². The zero-order chi connectivity index (χ0) is 19.1. The summed E-state index contributed by atoms with van der Waals surface area (Å²) in [4.78, 5) is 48.5. The summed E-state index contributed by atoms with van der Waals surface area (Å²) in [5.41, 5.74) is 0.408. The third kappa shape index (κ3) is 3.46. The molecule has 1 aromatic heterocycles. The van der Waals surface area contributed by atoms with Crippen LogP contribution in [0.25, 0.3) is 10.9 Å². The van der Waals surface area contributed by atoms with Crippen LogP contribution in [0, 0.1) is 5.92 Å². The van der Waals surface area contributed by atoms with Gasteiger partial charge in [-0.15, -0.1) is 0 Å². The monoisotopic (exact) mass is 368 g/mol. The van der Waals surface area contributed by atoms with Crippen LogP contribution in [0.2, 0.25) is 0 Å². The van der Waals surface area contributed by atoms with Crippen LogP contribution < -0.4 is 5.56 Å². The summed E-state index contributed by atoms with van der Waals surface area (Å²) in [6.45, 7) is 4.61. The molecule has 1 unspecified atom stereocenters. The molecule has 2 heterocycles. The Morgan fingerprint density at radius 1 is 1.30 bits per heavy atom. The van der Waals surface area contributed by atoms with Crippen LogP contribution in [-0.2, 0) is 16.1 Å². The molecule has 0 bridgehead atoms. The number of aromatic amines is 1. The lowest BCUT2D eigenvalue weighted by Gasteiger charge is -2.29. The molecule has 7 heteroatoms. The van der Waals surface area contributed by atoms with Gasteiger partial charge in [0, 0.05) is 25.0 Å². The summed E-state index contributed by atoms with van der Waals surface area (Å²) < 4.78 is 0. The maximum absolute atomic E-state index is 13.1. The van der Waals surface area contributed by atoms with Crippen LogP contribution in [0.3, 0.4) is 0 Å². The first kappa shape index (κ1) is 17.7. The second-order valence-corrected chi connectivity index (χ2v) is 7.77. The van der Waals surface area contributed by atoms with Crippen molar-refractivity contribution in [1.29, 1.82) is 0 Å². The predicted molar refractivity (Wildman–Crippen MR) is 101 cm³/mol. The van der Waals surface area contributed by atoms with Gasteiger partial charge in [-0.1, -0.05) is 12.1 Å². The minimum absolute atomic E-state index is 0.0442. The minimum Gasteiger partial charge on any atom is -0.339 e. The van der Waals surface area contributed by atoms with Gasteiger partial charge < -0.3 is 14.8 Å². The summed E-state index contributed by atoms with van der Waals surface area (Å²) in [7, 11) is 0. The molecule has 2 aliphatic rings. The molecule has 0 spiro atoms. The Morgan fingerprint density at radius 3 is 2.74 bits per heavy atom. The second-order valence-electron chi connectivity index (χ2n) is 7.77. The van der Waals surface area contributed by atoms with Crippen LogP contribution in [-0.4, -0.2) is 50.2 Å². The van der Waals surface area contributed by atoms with Gasteiger partial charge in [-0.2, -0.15) is 0 Å². The number of likely N-dealkylation sites (tertiary alicyclic amines) is 1. The van der Waals surface area contributed by atoms with Crippen molar-refractivity contribution in [3.05, 3.63) is 40.4 Å². The zero-order valence-corrected chi connectivity index (χ0v) is 15.6. The lowest BCUT2D eigenvalue weighted by Crippen LogP contribution is -2.42. The number of hydrogen-bond acceptors (Lipinski definition) is 4. The van der Waals surface area contributed by atoms with Crippen LogP contribution in [0.4, 0.5) is 0 Å². The quantitative estimate of drug-likeness (QED) is 0.870. The molecule has 7 nitrogen and oxygen atoms in total. The van der Waals surface area contributed by atoms with Crippen molar-refractivity contribution in [3.8, 4) is 0 Å². The number of nitrogens with zero attached hydrogens (tertiary/aromatic N) is 3. The molecule has 1 saturated carbocycles. The zero-order valence-electron chi connectivity index (χ0n) is 15.6. The van der Waals surface area contributed by atoms with E-state index in [9.17, 15) is 14.4 Å². The van der Waals surface area contributed by atoms with Crippen LogP contribution in [0.15, 0.2) is 29.1 Å². The number of H-pyrrole nitrogens is 1. The Kier molecular flexibility index (Phi) is 4.45. The third-order valence-electron chi connectivity index (χ3n) is 5.38. The van der Waals surface area contributed by atoms with E-state index >= 15 is 0 Å². The molecule has 4 rings (SSSR count). The van der Waals surface area contributed by atoms with E-state index in [-0.39, 0.29) is 42.3 Å². The molecule has 0 radical (unpaired) electrons. The van der Waals surface area contributed by atoms with Crippen molar-refractivity contribution in [1.82, 2.24) is 19.8 Å². The van der Waals surface area contributed by atoms with Crippen LogP contribution in [0.1, 0.15) is 38.9 Å². The van der Waals surface area contributed by atoms with Gasteiger partial charge in [0.05, 0.1) is 23.4 Å². The smallest absolute Gasteiger partial charge is 0.258 e. The molecular weight excluding hydrogens is 344 g/mol. The Bertz CT molecular complexity index is 948. The molecular formula is C20H24N4O3. The fourth-order valence-corrected chi connectivity index (χ4v) is 3.76. The first-order valence-corrected chi connectivity index (χ1v) is 9.52. The maximum Gasteiger partial charge on any atom is 0.258 e. The van der Waals surface area contributed by atoms with Crippen molar-refractivity contribution >= 4 is 22.7 Å². The summed E-state index contributed by atoms with van der Waals surface area (Å²) in [5.74, 6) is 0.186. The number of carbonyl (C=O) groups excluding carboxylic acids is 2. The molecule has 2 aromatic rings. The number of rotatable bonds is 5. The molecule has 27 heavy (non-hydrogen) atoms. The topological polar surface area (TPSA) is 86.4 Å². The SMILES string of the molecule is CC(C)N(Cc1nc2ccccc2c(=O)[nH]1)C(=O)C1CC(=O)N(C2CC2)C1. The molecule has 1 aliphatic carbocycles. The Morgan fingerprint density at radius 2 is 2.04 bits per heavy atom. The van der Waals surface area contributed by atoms with E-state index in [1.165, 1.54) is 0 Å². The molecule has 1 aromatic carbocycles. The predicted octanol–water partition coefficient (Wildman–Crippen LogP) is 1.67. The number of para-hydroxylation sites is 1. The van der Waals surface area contributed by atoms with E-state index in [1.807, 2.05) is 24.8 Å². The highest BCUT2D eigenvalue weighted by molar-refractivity contribution is 5.89. The van der Waals surface area contributed by atoms with Gasteiger partial charge in [-0.3, -0.25) is 14.4 Å². The molecule has 1 aliphatic heterocycles. The molecule has 142 valence electrons. The first-order valence-electron chi connectivity index (χ1n) is 9.52. The highest BCUT2D eigenvalue weighted by atomic mass is 16.2. The summed E-state index contributed by atoms with van der Waals surface area (Å²) >= 11 is 0. The van der Waals surface area contributed by atoms with Crippen molar-refractivity contribution in [2.75, 3.05) is 6.54 Å². The number of benzene rings is 1. The van der Waals surface area contributed by atoms with Gasteiger partial charge in [0.1, 0.15) is 5.82 Å². The number of amides is 2. The third-order valence-corrected chi connectivity index (χ3v) is 5.38. The van der Waals surface area contributed by atoms with Crippen molar-refractivity contribution in [2.24, 2.45) is 5.92 Å². The van der Waals surface area contributed by atoms with Crippen molar-refractivity contribution in [3.63, 3.8) is 0 Å². The Labute approximate surface area is 157 Å². The van der Waals surface area contributed by atoms with Gasteiger partial charge in [0.2, 0.25) is 11.8 Å². The maximum atomic E-state index is 13.1. The highest BCUT2D eigenvalue weighted by Gasteiger charge is 2.43. The Balaban J connectivity index is 1.55. The lowest BCUT2D eigenvalue weighted by atomic mass is 10.1. The van der Waals surface area contributed by atoms with Crippen molar-refractivity contribution in [2.45, 2.75) is 51.7 Å². The second kappa shape index (κ2) is 6.79. The normalized spacial score (nSPS) is 19.9. The summed E-state index contributed by atoms with van der Waals surface area (Å²) in [6.07, 6.45) is 2.37. The average Bonchev–Trinajstić information content (AvgIpc) is 3.41. The van der Waals surface area contributed by atoms with E-state index in [1.54, 1.807) is 23.1 Å². The van der Waals surface area contributed by atoms with Crippen LogP contribution in [0.5, 0.6) is 0 Å². The summed E-state index contributed by atoms with van der Waals surface area (Å²) in [5, 5.41) is 0.533. The van der Waals surface area contributed by atoms with E-state index in [0.717, 1.165) is 12.8 Å². The number of nitrogens with one attached hydrogen (secondary N) is 1.